The molecule has 0 unspecified atom stereocenters. The summed E-state index contributed by atoms with van der Waals surface area (Å²) in [4.78, 5) is 11.5. The second-order valence-corrected chi connectivity index (χ2v) is 6.86. The molecular formula is C16H14ClN3S. The van der Waals surface area contributed by atoms with Crippen molar-refractivity contribution in [2.24, 2.45) is 0 Å². The van der Waals surface area contributed by atoms with Crippen LogP contribution >= 0.6 is 22.9 Å². The molecule has 1 aliphatic carbocycles. The number of nitrogens with one attached hydrogen (secondary N) is 1. The van der Waals surface area contributed by atoms with Gasteiger partial charge < -0.3 is 5.32 Å². The summed E-state index contributed by atoms with van der Waals surface area (Å²) in [6.07, 6.45) is 5.19. The second kappa shape index (κ2) is 4.97. The number of thiophene rings is 1. The minimum atomic E-state index is 0.752. The summed E-state index contributed by atoms with van der Waals surface area (Å²) >= 11 is 7.83. The average Bonchev–Trinajstić information content (AvgIpc) is 3.02. The molecule has 0 amide bonds. The van der Waals surface area contributed by atoms with Crippen LogP contribution < -0.4 is 5.32 Å². The maximum atomic E-state index is 6.02. The van der Waals surface area contributed by atoms with Crippen molar-refractivity contribution in [1.82, 2.24) is 9.97 Å². The lowest BCUT2D eigenvalue weighted by atomic mass is 10.1. The van der Waals surface area contributed by atoms with Crippen LogP contribution in [0.25, 0.3) is 10.2 Å². The lowest BCUT2D eigenvalue weighted by Crippen LogP contribution is -1.97. The standard InChI is InChI=1S/C16H14ClN3S/c1-9-7-10(17)5-6-12(9)20-15-14-11-3-2-4-13(11)21-16(14)19-8-18-15/h5-8H,2-4H2,1H3,(H,18,19,20). The van der Waals surface area contributed by atoms with Gasteiger partial charge in [0.15, 0.2) is 0 Å². The Morgan fingerprint density at radius 3 is 3.00 bits per heavy atom. The van der Waals surface area contributed by atoms with E-state index in [1.54, 1.807) is 17.7 Å². The number of aromatic nitrogens is 2. The number of nitrogens with zero attached hydrogens (tertiary/aromatic N) is 2. The molecule has 0 bridgehead atoms. The topological polar surface area (TPSA) is 37.8 Å². The first-order valence-corrected chi connectivity index (χ1v) is 8.20. The van der Waals surface area contributed by atoms with Crippen molar-refractivity contribution in [3.8, 4) is 0 Å². The molecule has 2 aromatic heterocycles. The van der Waals surface area contributed by atoms with Gasteiger partial charge in [-0.3, -0.25) is 0 Å². The molecule has 5 heteroatoms. The molecule has 0 radical (unpaired) electrons. The zero-order chi connectivity index (χ0) is 14.4. The van der Waals surface area contributed by atoms with E-state index in [0.29, 0.717) is 0 Å². The molecule has 21 heavy (non-hydrogen) atoms. The molecule has 106 valence electrons. The van der Waals surface area contributed by atoms with Gasteiger partial charge in [0.2, 0.25) is 0 Å². The predicted octanol–water partition coefficient (Wildman–Crippen LogP) is 4.89. The molecule has 0 saturated carbocycles. The molecule has 0 saturated heterocycles. The molecule has 1 N–H and O–H groups in total. The maximum Gasteiger partial charge on any atom is 0.142 e. The van der Waals surface area contributed by atoms with E-state index < -0.39 is 0 Å². The zero-order valence-corrected chi connectivity index (χ0v) is 13.2. The van der Waals surface area contributed by atoms with Crippen molar-refractivity contribution < 1.29 is 0 Å². The SMILES string of the molecule is Cc1cc(Cl)ccc1Nc1ncnc2sc3c(c12)CCC3. The van der Waals surface area contributed by atoms with Crippen molar-refractivity contribution >= 4 is 44.7 Å². The third-order valence-corrected chi connectivity index (χ3v) is 5.38. The number of hydrogen-bond acceptors (Lipinski definition) is 4. The molecule has 0 fully saturated rings. The minimum Gasteiger partial charge on any atom is -0.339 e. The Bertz CT molecular complexity index is 841. The van der Waals surface area contributed by atoms with Crippen molar-refractivity contribution in [2.45, 2.75) is 26.2 Å². The molecule has 4 rings (SSSR count). The predicted molar refractivity (Wildman–Crippen MR) is 88.9 cm³/mol. The molecule has 3 aromatic rings. The van der Waals surface area contributed by atoms with Crippen LogP contribution in [0.2, 0.25) is 5.02 Å². The van der Waals surface area contributed by atoms with Gasteiger partial charge in [0.25, 0.3) is 0 Å². The highest BCUT2D eigenvalue weighted by Gasteiger charge is 2.21. The lowest BCUT2D eigenvalue weighted by molar-refractivity contribution is 0.917. The van der Waals surface area contributed by atoms with Crippen LogP contribution in [-0.4, -0.2) is 9.97 Å². The van der Waals surface area contributed by atoms with Gasteiger partial charge in [-0.05, 0) is 55.5 Å². The van der Waals surface area contributed by atoms with E-state index >= 15 is 0 Å². The van der Waals surface area contributed by atoms with E-state index in [-0.39, 0.29) is 0 Å². The first-order chi connectivity index (χ1) is 10.2. The Hall–Kier alpha value is -1.65. The highest BCUT2D eigenvalue weighted by atomic mass is 35.5. The van der Waals surface area contributed by atoms with E-state index in [2.05, 4.69) is 15.3 Å². The number of anilines is 2. The fourth-order valence-electron chi connectivity index (χ4n) is 2.92. The maximum absolute atomic E-state index is 6.02. The van der Waals surface area contributed by atoms with Crippen molar-refractivity contribution in [1.29, 1.82) is 0 Å². The van der Waals surface area contributed by atoms with Crippen molar-refractivity contribution in [2.75, 3.05) is 5.32 Å². The summed E-state index contributed by atoms with van der Waals surface area (Å²) in [6.45, 7) is 2.05. The zero-order valence-electron chi connectivity index (χ0n) is 11.6. The van der Waals surface area contributed by atoms with Gasteiger partial charge in [-0.15, -0.1) is 11.3 Å². The molecule has 1 aromatic carbocycles. The van der Waals surface area contributed by atoms with Crippen molar-refractivity contribution in [3.05, 3.63) is 45.6 Å². The summed E-state index contributed by atoms with van der Waals surface area (Å²) < 4.78 is 0. The van der Waals surface area contributed by atoms with Gasteiger partial charge in [-0.2, -0.15) is 0 Å². The Balaban J connectivity index is 1.83. The van der Waals surface area contributed by atoms with Crippen LogP contribution in [0, 0.1) is 6.92 Å². The van der Waals surface area contributed by atoms with Crippen molar-refractivity contribution in [3.63, 3.8) is 0 Å². The van der Waals surface area contributed by atoms with E-state index in [4.69, 9.17) is 11.6 Å². The quantitative estimate of drug-likeness (QED) is 0.732. The highest BCUT2D eigenvalue weighted by molar-refractivity contribution is 7.19. The van der Waals surface area contributed by atoms with Crippen LogP contribution in [0.1, 0.15) is 22.4 Å². The Morgan fingerprint density at radius 2 is 2.14 bits per heavy atom. The highest BCUT2D eigenvalue weighted by Crippen LogP contribution is 2.40. The molecule has 2 heterocycles. The van der Waals surface area contributed by atoms with Gasteiger partial charge >= 0.3 is 0 Å². The van der Waals surface area contributed by atoms with Crippen LogP contribution in [0.4, 0.5) is 11.5 Å². The van der Waals surface area contributed by atoms with Crippen LogP contribution in [0.15, 0.2) is 24.5 Å². The molecule has 3 nitrogen and oxygen atoms in total. The van der Waals surface area contributed by atoms with Crippen LogP contribution in [0.3, 0.4) is 0 Å². The number of benzene rings is 1. The van der Waals surface area contributed by atoms with Gasteiger partial charge in [-0.25, -0.2) is 9.97 Å². The molecule has 0 aliphatic heterocycles. The largest absolute Gasteiger partial charge is 0.339 e. The normalized spacial score (nSPS) is 13.6. The number of rotatable bonds is 2. The Kier molecular flexibility index (Phi) is 3.08. The van der Waals surface area contributed by atoms with E-state index in [0.717, 1.165) is 33.3 Å². The van der Waals surface area contributed by atoms with Gasteiger partial charge in [0.05, 0.1) is 5.39 Å². The smallest absolute Gasteiger partial charge is 0.142 e. The fourth-order valence-corrected chi connectivity index (χ4v) is 4.37. The summed E-state index contributed by atoms with van der Waals surface area (Å²) in [5.74, 6) is 0.907. The van der Waals surface area contributed by atoms with Gasteiger partial charge in [0, 0.05) is 15.6 Å². The van der Waals surface area contributed by atoms with E-state index in [9.17, 15) is 0 Å². The van der Waals surface area contributed by atoms with E-state index in [1.807, 2.05) is 25.1 Å². The molecule has 1 aliphatic rings. The summed E-state index contributed by atoms with van der Waals surface area (Å²) in [5, 5.41) is 5.41. The Morgan fingerprint density at radius 1 is 1.24 bits per heavy atom. The van der Waals surface area contributed by atoms with Crippen LogP contribution in [-0.2, 0) is 12.8 Å². The lowest BCUT2D eigenvalue weighted by Gasteiger charge is -2.10. The first-order valence-electron chi connectivity index (χ1n) is 7.01. The molecular weight excluding hydrogens is 302 g/mol. The number of halogens is 1. The number of aryl methyl sites for hydroxylation is 3. The first kappa shape index (κ1) is 13.0. The summed E-state index contributed by atoms with van der Waals surface area (Å²) in [7, 11) is 0. The summed E-state index contributed by atoms with van der Waals surface area (Å²) in [5.41, 5.74) is 3.59. The van der Waals surface area contributed by atoms with Crippen LogP contribution in [0.5, 0.6) is 0 Å². The third kappa shape index (κ3) is 2.19. The number of hydrogen-bond donors (Lipinski definition) is 1. The minimum absolute atomic E-state index is 0.752. The summed E-state index contributed by atoms with van der Waals surface area (Å²) in [6, 6.07) is 5.85. The monoisotopic (exact) mass is 315 g/mol. The third-order valence-electron chi connectivity index (χ3n) is 3.94. The Labute approximate surface area is 132 Å². The van der Waals surface area contributed by atoms with E-state index in [1.165, 1.54) is 28.7 Å². The molecule has 0 atom stereocenters. The van der Waals surface area contributed by atoms with Gasteiger partial charge in [-0.1, -0.05) is 11.6 Å². The second-order valence-electron chi connectivity index (χ2n) is 5.34. The average molecular weight is 316 g/mol. The fraction of sp³-hybridized carbons (Fsp3) is 0.250. The molecule has 0 spiro atoms. The number of fused-ring (bicyclic) bond motifs is 3. The van der Waals surface area contributed by atoms with Gasteiger partial charge in [0.1, 0.15) is 17.0 Å².